The summed E-state index contributed by atoms with van der Waals surface area (Å²) < 4.78 is 17.5. The number of carbonyl (C=O) groups is 1. The van der Waals surface area contributed by atoms with Gasteiger partial charge >= 0.3 is 5.97 Å². The molecule has 0 spiro atoms. The summed E-state index contributed by atoms with van der Waals surface area (Å²) in [6.07, 6.45) is 0. The second kappa shape index (κ2) is 6.70. The molecule has 0 amide bonds. The van der Waals surface area contributed by atoms with Crippen molar-refractivity contribution in [1.82, 2.24) is 0 Å². The van der Waals surface area contributed by atoms with Gasteiger partial charge in [-0.15, -0.1) is 0 Å². The summed E-state index contributed by atoms with van der Waals surface area (Å²) in [7, 11) is 0.0811. The standard InChI is InChI=1S/C14H20O4S/c1-9(2)13(14(15)16)19(17)8-11-7-10(3)5-6-12(11)18-4/h5-7,9,13H,8H2,1-4H3,(H,15,16). The Morgan fingerprint density at radius 1 is 1.42 bits per heavy atom. The predicted octanol–water partition coefficient (Wildman–Crippen LogP) is 2.36. The Labute approximate surface area is 116 Å². The molecule has 0 aliphatic heterocycles. The molecule has 2 unspecified atom stereocenters. The number of hydrogen-bond donors (Lipinski definition) is 1. The highest BCUT2D eigenvalue weighted by molar-refractivity contribution is 7.85. The van der Waals surface area contributed by atoms with E-state index >= 15 is 0 Å². The molecule has 1 aromatic rings. The Morgan fingerprint density at radius 3 is 2.53 bits per heavy atom. The first-order valence-corrected chi connectivity index (χ1v) is 7.48. The molecule has 0 aliphatic carbocycles. The van der Waals surface area contributed by atoms with Gasteiger partial charge in [0.2, 0.25) is 0 Å². The van der Waals surface area contributed by atoms with Crippen molar-refractivity contribution in [3.8, 4) is 5.75 Å². The predicted molar refractivity (Wildman–Crippen MR) is 75.8 cm³/mol. The van der Waals surface area contributed by atoms with E-state index in [1.54, 1.807) is 21.0 Å². The lowest BCUT2D eigenvalue weighted by atomic mass is 10.1. The van der Waals surface area contributed by atoms with Gasteiger partial charge in [0, 0.05) is 16.4 Å². The largest absolute Gasteiger partial charge is 0.496 e. The summed E-state index contributed by atoms with van der Waals surface area (Å²) in [5.74, 6) is -0.346. The first-order chi connectivity index (χ1) is 8.86. The Balaban J connectivity index is 2.98. The molecule has 4 nitrogen and oxygen atoms in total. The summed E-state index contributed by atoms with van der Waals surface area (Å²) in [4.78, 5) is 11.2. The molecular weight excluding hydrogens is 264 g/mol. The topological polar surface area (TPSA) is 63.6 Å². The molecule has 1 rings (SSSR count). The van der Waals surface area contributed by atoms with E-state index < -0.39 is 22.0 Å². The smallest absolute Gasteiger partial charge is 0.319 e. The number of methoxy groups -OCH3 is 1. The Morgan fingerprint density at radius 2 is 2.05 bits per heavy atom. The van der Waals surface area contributed by atoms with Crippen LogP contribution in [0.4, 0.5) is 0 Å². The number of ether oxygens (including phenoxy) is 1. The molecular formula is C14H20O4S. The highest BCUT2D eigenvalue weighted by atomic mass is 32.2. The van der Waals surface area contributed by atoms with Crippen molar-refractivity contribution < 1.29 is 18.8 Å². The van der Waals surface area contributed by atoms with Gasteiger partial charge in [-0.25, -0.2) is 0 Å². The van der Waals surface area contributed by atoms with E-state index in [-0.39, 0.29) is 11.7 Å². The zero-order valence-corrected chi connectivity index (χ0v) is 12.5. The molecule has 0 aromatic heterocycles. The number of rotatable bonds is 6. The Kier molecular flexibility index (Phi) is 5.54. The van der Waals surface area contributed by atoms with Crippen LogP contribution in [0.15, 0.2) is 18.2 Å². The van der Waals surface area contributed by atoms with Crippen LogP contribution in [0.3, 0.4) is 0 Å². The molecule has 5 heteroatoms. The fourth-order valence-corrected chi connectivity index (χ4v) is 3.51. The van der Waals surface area contributed by atoms with Gasteiger partial charge in [-0.3, -0.25) is 9.00 Å². The molecule has 0 saturated carbocycles. The number of benzene rings is 1. The summed E-state index contributed by atoms with van der Waals surface area (Å²) >= 11 is 0. The molecule has 0 bridgehead atoms. The van der Waals surface area contributed by atoms with E-state index in [4.69, 9.17) is 9.84 Å². The molecule has 2 atom stereocenters. The highest BCUT2D eigenvalue weighted by Gasteiger charge is 2.28. The van der Waals surface area contributed by atoms with Crippen LogP contribution >= 0.6 is 0 Å². The number of hydrogen-bond acceptors (Lipinski definition) is 3. The third-order valence-corrected chi connectivity index (χ3v) is 4.77. The molecule has 0 heterocycles. The molecule has 0 saturated heterocycles. The second-order valence-electron chi connectivity index (χ2n) is 4.84. The van der Waals surface area contributed by atoms with Crippen LogP contribution in [0.1, 0.15) is 25.0 Å². The number of aliphatic carboxylic acids is 1. The van der Waals surface area contributed by atoms with Gasteiger partial charge in [-0.2, -0.15) is 0 Å². The van der Waals surface area contributed by atoms with Gasteiger partial charge in [-0.1, -0.05) is 31.5 Å². The molecule has 0 radical (unpaired) electrons. The summed E-state index contributed by atoms with van der Waals surface area (Å²) in [6, 6.07) is 5.60. The van der Waals surface area contributed by atoms with Crippen molar-refractivity contribution in [1.29, 1.82) is 0 Å². The monoisotopic (exact) mass is 284 g/mol. The number of carboxylic acid groups (broad SMARTS) is 1. The summed E-state index contributed by atoms with van der Waals surface area (Å²) in [6.45, 7) is 5.47. The van der Waals surface area contributed by atoms with Crippen molar-refractivity contribution >= 4 is 16.8 Å². The second-order valence-corrected chi connectivity index (χ2v) is 6.40. The zero-order chi connectivity index (χ0) is 14.6. The third-order valence-electron chi connectivity index (χ3n) is 2.87. The van der Waals surface area contributed by atoms with Crippen molar-refractivity contribution in [2.24, 2.45) is 5.92 Å². The first kappa shape index (κ1) is 15.7. The van der Waals surface area contributed by atoms with Crippen molar-refractivity contribution in [3.63, 3.8) is 0 Å². The van der Waals surface area contributed by atoms with Crippen LogP contribution in [-0.2, 0) is 21.3 Å². The lowest BCUT2D eigenvalue weighted by Crippen LogP contribution is -2.31. The quantitative estimate of drug-likeness (QED) is 0.871. The fraction of sp³-hybridized carbons (Fsp3) is 0.500. The van der Waals surface area contributed by atoms with E-state index in [1.807, 2.05) is 25.1 Å². The fourth-order valence-electron chi connectivity index (χ4n) is 1.96. The summed E-state index contributed by atoms with van der Waals surface area (Å²) in [5.41, 5.74) is 1.82. The van der Waals surface area contributed by atoms with Gasteiger partial charge in [-0.05, 0) is 18.9 Å². The lowest BCUT2D eigenvalue weighted by Gasteiger charge is -2.17. The average Bonchev–Trinajstić information content (AvgIpc) is 2.27. The molecule has 0 fully saturated rings. The molecule has 19 heavy (non-hydrogen) atoms. The molecule has 1 N–H and O–H groups in total. The van der Waals surface area contributed by atoms with Gasteiger partial charge in [0.25, 0.3) is 0 Å². The van der Waals surface area contributed by atoms with Crippen LogP contribution in [0.2, 0.25) is 0 Å². The van der Waals surface area contributed by atoms with E-state index in [9.17, 15) is 9.00 Å². The lowest BCUT2D eigenvalue weighted by molar-refractivity contribution is -0.137. The first-order valence-electron chi connectivity index (χ1n) is 6.10. The van der Waals surface area contributed by atoms with Crippen LogP contribution in [-0.4, -0.2) is 27.6 Å². The van der Waals surface area contributed by atoms with Crippen molar-refractivity contribution in [2.45, 2.75) is 31.8 Å². The minimum absolute atomic E-state index is 0.172. The normalized spacial score (nSPS) is 14.2. The van der Waals surface area contributed by atoms with E-state index in [0.717, 1.165) is 11.1 Å². The maximum absolute atomic E-state index is 12.2. The molecule has 0 aliphatic rings. The van der Waals surface area contributed by atoms with E-state index in [1.165, 1.54) is 0 Å². The average molecular weight is 284 g/mol. The SMILES string of the molecule is COc1ccc(C)cc1CS(=O)C(C(=O)O)C(C)C. The number of carboxylic acids is 1. The van der Waals surface area contributed by atoms with Gasteiger partial charge in [0.15, 0.2) is 0 Å². The third kappa shape index (κ3) is 4.06. The highest BCUT2D eigenvalue weighted by Crippen LogP contribution is 2.23. The minimum Gasteiger partial charge on any atom is -0.496 e. The van der Waals surface area contributed by atoms with Crippen LogP contribution in [0.25, 0.3) is 0 Å². The van der Waals surface area contributed by atoms with Gasteiger partial charge < -0.3 is 9.84 Å². The minimum atomic E-state index is -1.47. The maximum Gasteiger partial charge on any atom is 0.319 e. The van der Waals surface area contributed by atoms with Crippen LogP contribution in [0.5, 0.6) is 5.75 Å². The molecule has 106 valence electrons. The van der Waals surface area contributed by atoms with Gasteiger partial charge in [0.1, 0.15) is 11.0 Å². The maximum atomic E-state index is 12.2. The number of aryl methyl sites for hydroxylation is 1. The Hall–Kier alpha value is -1.36. The molecule has 1 aromatic carbocycles. The van der Waals surface area contributed by atoms with Crippen LogP contribution < -0.4 is 4.74 Å². The van der Waals surface area contributed by atoms with E-state index in [2.05, 4.69) is 0 Å². The van der Waals surface area contributed by atoms with Crippen LogP contribution in [0, 0.1) is 12.8 Å². The zero-order valence-electron chi connectivity index (χ0n) is 11.7. The Bertz CT molecular complexity index is 482. The van der Waals surface area contributed by atoms with Crippen molar-refractivity contribution in [3.05, 3.63) is 29.3 Å². The van der Waals surface area contributed by atoms with Gasteiger partial charge in [0.05, 0.1) is 12.9 Å². The van der Waals surface area contributed by atoms with Crippen molar-refractivity contribution in [2.75, 3.05) is 7.11 Å². The summed E-state index contributed by atoms with van der Waals surface area (Å²) in [5, 5.41) is 8.29. The van der Waals surface area contributed by atoms with E-state index in [0.29, 0.717) is 5.75 Å².